The second-order valence-corrected chi connectivity index (χ2v) is 23.5. The standard InChI is InChI=1S/C13Cl25/c14-1-2(15,16)4(19,20)6(23,24)8(27,28)10(31,32)12(35,36)13(37,38)11(33,34)9(29,30)7(25,26)5(21,22)3(1,17)18. The lowest BCUT2D eigenvalue weighted by atomic mass is 9.99. The molecule has 1 aliphatic carbocycles. The number of hydrogen-bond acceptors (Lipinski definition) is 0. The Labute approximate surface area is 342 Å². The first-order valence-corrected chi connectivity index (χ1v) is 17.4. The summed E-state index contributed by atoms with van der Waals surface area (Å²) in [5.41, 5.74) is 0. The highest BCUT2D eigenvalue weighted by Gasteiger charge is 2.87. The summed E-state index contributed by atoms with van der Waals surface area (Å²) in [7, 11) is 0. The molecule has 1 rings (SSSR count). The largest absolute Gasteiger partial charge is 0.189 e. The van der Waals surface area contributed by atoms with Crippen LogP contribution in [0.1, 0.15) is 0 Å². The van der Waals surface area contributed by atoms with Crippen molar-refractivity contribution in [1.29, 1.82) is 0 Å². The van der Waals surface area contributed by atoms with Crippen LogP contribution in [0.3, 0.4) is 0 Å². The third-order valence-corrected chi connectivity index (χ3v) is 23.3. The predicted octanol–water partition coefficient (Wildman–Crippen LogP) is 14.9. The van der Waals surface area contributed by atoms with Crippen LogP contribution in [0.2, 0.25) is 0 Å². The molecule has 1 aliphatic rings. The summed E-state index contributed by atoms with van der Waals surface area (Å²) in [5, 5.41) is -1.23. The van der Waals surface area contributed by atoms with Gasteiger partial charge < -0.3 is 0 Å². The van der Waals surface area contributed by atoms with Crippen molar-refractivity contribution in [3.05, 3.63) is 5.38 Å². The van der Waals surface area contributed by atoms with E-state index in [1.54, 1.807) is 0 Å². The molecule has 0 aromatic rings. The predicted molar refractivity (Wildman–Crippen MR) is 182 cm³/mol. The third kappa shape index (κ3) is 5.52. The van der Waals surface area contributed by atoms with Crippen LogP contribution in [0.25, 0.3) is 0 Å². The Morgan fingerprint density at radius 2 is 0.316 bits per heavy atom. The van der Waals surface area contributed by atoms with Crippen LogP contribution in [0.4, 0.5) is 0 Å². The highest BCUT2D eigenvalue weighted by atomic mass is 35.6. The van der Waals surface area contributed by atoms with Crippen molar-refractivity contribution < 1.29 is 0 Å². The first-order chi connectivity index (χ1) is 15.9. The molecule has 0 saturated heterocycles. The smallest absolute Gasteiger partial charge is 0.110 e. The van der Waals surface area contributed by atoms with Gasteiger partial charge in [0.25, 0.3) is 0 Å². The summed E-state index contributed by atoms with van der Waals surface area (Å²) >= 11 is 160. The Hall–Kier alpha value is 7.25. The van der Waals surface area contributed by atoms with Gasteiger partial charge in [0.1, 0.15) is 5.38 Å². The first-order valence-electron chi connectivity index (χ1n) is 7.97. The number of halogens is 25. The van der Waals surface area contributed by atoms with Crippen LogP contribution in [0.15, 0.2) is 0 Å². The minimum atomic E-state index is -3.32. The molecule has 0 bridgehead atoms. The summed E-state index contributed by atoms with van der Waals surface area (Å²) in [6.07, 6.45) is 0. The highest BCUT2D eigenvalue weighted by molar-refractivity contribution is 6.84. The van der Waals surface area contributed by atoms with Crippen LogP contribution in [-0.4, -0.2) is 52.0 Å². The molecule has 1 radical (unpaired) electrons. The third-order valence-electron chi connectivity index (χ3n) is 4.89. The Kier molecular flexibility index (Phi) is 13.9. The number of rotatable bonds is 0. The van der Waals surface area contributed by atoms with E-state index in [4.69, 9.17) is 290 Å². The van der Waals surface area contributed by atoms with Gasteiger partial charge in [-0.05, 0) is 0 Å². The molecule has 0 aliphatic heterocycles. The maximum Gasteiger partial charge on any atom is 0.189 e. The lowest BCUT2D eigenvalue weighted by Crippen LogP contribution is -2.73. The van der Waals surface area contributed by atoms with Crippen LogP contribution in [-0.2, 0) is 0 Å². The molecular weight excluding hydrogens is 1040 g/mol. The first kappa shape index (κ1) is 43.3. The quantitative estimate of drug-likeness (QED) is 0.212. The minimum absolute atomic E-state index is 1.23. The van der Waals surface area contributed by atoms with Gasteiger partial charge in [0, 0.05) is 0 Å². The van der Waals surface area contributed by atoms with Crippen molar-refractivity contribution in [2.24, 2.45) is 0 Å². The van der Waals surface area contributed by atoms with Crippen molar-refractivity contribution in [3.63, 3.8) is 0 Å². The van der Waals surface area contributed by atoms with Crippen molar-refractivity contribution in [2.45, 2.75) is 52.0 Å². The summed E-state index contributed by atoms with van der Waals surface area (Å²) in [5.74, 6) is 0. The molecule has 0 heterocycles. The van der Waals surface area contributed by atoms with E-state index in [9.17, 15) is 0 Å². The molecule has 25 heteroatoms. The van der Waals surface area contributed by atoms with Crippen LogP contribution < -0.4 is 0 Å². The van der Waals surface area contributed by atoms with E-state index in [2.05, 4.69) is 0 Å². The van der Waals surface area contributed by atoms with E-state index < -0.39 is 57.4 Å². The number of alkyl halides is 24. The monoisotopic (exact) mass is 1030 g/mol. The zero-order valence-corrected chi connectivity index (χ0v) is 34.8. The molecular formula is C13Cl25. The lowest BCUT2D eigenvalue weighted by molar-refractivity contribution is 0.422. The van der Waals surface area contributed by atoms with Gasteiger partial charge in [0.15, 0.2) is 52.0 Å². The minimum Gasteiger partial charge on any atom is -0.110 e. The average Bonchev–Trinajstić information content (AvgIpc) is 2.70. The second kappa shape index (κ2) is 12.2. The van der Waals surface area contributed by atoms with E-state index in [-0.39, 0.29) is 0 Å². The molecule has 0 atom stereocenters. The average molecular weight is 1040 g/mol. The molecule has 0 unspecified atom stereocenters. The van der Waals surface area contributed by atoms with Crippen LogP contribution in [0, 0.1) is 5.38 Å². The molecule has 1 saturated carbocycles. The van der Waals surface area contributed by atoms with Gasteiger partial charge in [-0.3, -0.25) is 0 Å². The van der Waals surface area contributed by atoms with E-state index >= 15 is 0 Å². The highest BCUT2D eigenvalue weighted by Crippen LogP contribution is 2.78. The number of hydrogen-bond donors (Lipinski definition) is 0. The normalized spacial score (nSPS) is 33.7. The Balaban J connectivity index is 4.56. The Bertz CT molecular complexity index is 848. The van der Waals surface area contributed by atoms with Gasteiger partial charge in [-0.25, -0.2) is 0 Å². The van der Waals surface area contributed by atoms with Gasteiger partial charge in [-0.15, -0.1) is 11.6 Å². The van der Waals surface area contributed by atoms with Crippen molar-refractivity contribution in [2.75, 3.05) is 0 Å². The fraction of sp³-hybridized carbons (Fsp3) is 0.923. The fourth-order valence-electron chi connectivity index (χ4n) is 2.44. The summed E-state index contributed by atoms with van der Waals surface area (Å²) in [4.78, 5) is 0. The van der Waals surface area contributed by atoms with Gasteiger partial charge in [0.2, 0.25) is 0 Å². The molecule has 0 nitrogen and oxygen atoms in total. The SMILES string of the molecule is Cl[C]1C(Cl)(Cl)C(Cl)(Cl)C(Cl)(Cl)C(Cl)(Cl)C(Cl)(Cl)C(Cl)(Cl)C(Cl)(Cl)C(Cl)(Cl)C(Cl)(Cl)C(Cl)(Cl)C(Cl)(Cl)C1(Cl)Cl. The van der Waals surface area contributed by atoms with Crippen molar-refractivity contribution in [1.82, 2.24) is 0 Å². The maximum atomic E-state index is 6.41. The van der Waals surface area contributed by atoms with E-state index in [0.717, 1.165) is 0 Å². The van der Waals surface area contributed by atoms with Gasteiger partial charge >= 0.3 is 0 Å². The van der Waals surface area contributed by atoms with Crippen molar-refractivity contribution in [3.8, 4) is 0 Å². The molecule has 0 aromatic heterocycles. The molecule has 0 N–H and O–H groups in total. The summed E-state index contributed by atoms with van der Waals surface area (Å²) in [6, 6.07) is 0. The zero-order valence-electron chi connectivity index (χ0n) is 15.9. The summed E-state index contributed by atoms with van der Waals surface area (Å²) < 4.78 is -39.1. The molecule has 0 spiro atoms. The molecule has 0 aromatic carbocycles. The van der Waals surface area contributed by atoms with E-state index in [1.807, 2.05) is 0 Å². The van der Waals surface area contributed by atoms with Gasteiger partial charge in [-0.2, -0.15) is 0 Å². The van der Waals surface area contributed by atoms with Crippen LogP contribution >= 0.6 is 290 Å². The Morgan fingerprint density at radius 3 is 0.447 bits per heavy atom. The molecule has 38 heavy (non-hydrogen) atoms. The van der Waals surface area contributed by atoms with E-state index in [0.29, 0.717) is 0 Å². The fourth-order valence-corrected chi connectivity index (χ4v) is 11.7. The Morgan fingerprint density at radius 1 is 0.211 bits per heavy atom. The molecule has 0 amide bonds. The van der Waals surface area contributed by atoms with Gasteiger partial charge in [-0.1, -0.05) is 278 Å². The second-order valence-electron chi connectivity index (χ2n) is 7.21. The lowest BCUT2D eigenvalue weighted by Gasteiger charge is -2.56. The summed E-state index contributed by atoms with van der Waals surface area (Å²) in [6.45, 7) is 0. The molecule has 227 valence electrons. The van der Waals surface area contributed by atoms with Gasteiger partial charge in [0.05, 0.1) is 0 Å². The van der Waals surface area contributed by atoms with Crippen molar-refractivity contribution >= 4 is 290 Å². The molecule has 1 fully saturated rings. The zero-order chi connectivity index (χ0) is 31.6. The topological polar surface area (TPSA) is 0 Å². The maximum absolute atomic E-state index is 6.41. The van der Waals surface area contributed by atoms with Crippen LogP contribution in [0.5, 0.6) is 0 Å². The van der Waals surface area contributed by atoms with E-state index in [1.165, 1.54) is 0 Å².